The van der Waals surface area contributed by atoms with Gasteiger partial charge in [0.2, 0.25) is 0 Å². The average Bonchev–Trinajstić information content (AvgIpc) is 3.18. The lowest BCUT2D eigenvalue weighted by Crippen LogP contribution is -2.12. The molecule has 1 heterocycles. The standard InChI is InChI=1S/C20H16FNO4S/c1-25-17-9-4-13(11-16(17)21)12-19(23)26-15-7-5-14(6-8-15)22-20(24)18-3-2-10-27-18/h2-11H,12H2,1H3,(H,22,24). The van der Waals surface area contributed by atoms with Crippen molar-refractivity contribution in [3.05, 3.63) is 76.2 Å². The summed E-state index contributed by atoms with van der Waals surface area (Å²) in [6.45, 7) is 0. The van der Waals surface area contributed by atoms with E-state index in [0.717, 1.165) is 0 Å². The molecule has 27 heavy (non-hydrogen) atoms. The lowest BCUT2D eigenvalue weighted by molar-refractivity contribution is -0.133. The van der Waals surface area contributed by atoms with Gasteiger partial charge in [0.1, 0.15) is 5.75 Å². The number of esters is 1. The number of hydrogen-bond donors (Lipinski definition) is 1. The number of nitrogens with one attached hydrogen (secondary N) is 1. The first-order chi connectivity index (χ1) is 13.0. The molecule has 0 fully saturated rings. The van der Waals surface area contributed by atoms with Crippen LogP contribution >= 0.6 is 11.3 Å². The summed E-state index contributed by atoms with van der Waals surface area (Å²) in [6, 6.07) is 14.3. The zero-order chi connectivity index (χ0) is 19.2. The van der Waals surface area contributed by atoms with Crippen LogP contribution in [0.3, 0.4) is 0 Å². The van der Waals surface area contributed by atoms with Gasteiger partial charge >= 0.3 is 5.97 Å². The number of hydrogen-bond acceptors (Lipinski definition) is 5. The molecule has 3 rings (SSSR count). The molecular weight excluding hydrogens is 369 g/mol. The Kier molecular flexibility index (Phi) is 5.83. The highest BCUT2D eigenvalue weighted by atomic mass is 32.1. The van der Waals surface area contributed by atoms with Crippen LogP contribution in [-0.2, 0) is 11.2 Å². The molecule has 0 aliphatic heterocycles. The van der Waals surface area contributed by atoms with Gasteiger partial charge in [0, 0.05) is 5.69 Å². The summed E-state index contributed by atoms with van der Waals surface area (Å²) in [5, 5.41) is 4.58. The topological polar surface area (TPSA) is 64.6 Å². The number of carbonyl (C=O) groups is 2. The van der Waals surface area contributed by atoms with E-state index in [1.54, 1.807) is 42.5 Å². The third-order valence-corrected chi connectivity index (χ3v) is 4.52. The van der Waals surface area contributed by atoms with Crippen molar-refractivity contribution in [2.75, 3.05) is 12.4 Å². The molecular formula is C20H16FNO4S. The molecule has 5 nitrogen and oxygen atoms in total. The van der Waals surface area contributed by atoms with Gasteiger partial charge in [-0.3, -0.25) is 9.59 Å². The largest absolute Gasteiger partial charge is 0.494 e. The van der Waals surface area contributed by atoms with Crippen molar-refractivity contribution in [1.29, 1.82) is 0 Å². The number of rotatable bonds is 6. The molecule has 138 valence electrons. The van der Waals surface area contributed by atoms with Gasteiger partial charge in [-0.2, -0.15) is 0 Å². The lowest BCUT2D eigenvalue weighted by Gasteiger charge is -2.08. The first kappa shape index (κ1) is 18.6. The van der Waals surface area contributed by atoms with Crippen molar-refractivity contribution in [3.8, 4) is 11.5 Å². The normalized spacial score (nSPS) is 10.3. The van der Waals surface area contributed by atoms with Crippen LogP contribution in [0.2, 0.25) is 0 Å². The van der Waals surface area contributed by atoms with Gasteiger partial charge in [0.05, 0.1) is 18.4 Å². The Balaban J connectivity index is 1.57. The molecule has 0 aliphatic rings. The minimum absolute atomic E-state index is 0.0716. The van der Waals surface area contributed by atoms with E-state index in [2.05, 4.69) is 5.32 Å². The minimum atomic E-state index is -0.534. The van der Waals surface area contributed by atoms with Crippen LogP contribution in [0.25, 0.3) is 0 Å². The number of methoxy groups -OCH3 is 1. The first-order valence-corrected chi connectivity index (χ1v) is 8.91. The molecule has 3 aromatic rings. The molecule has 0 radical (unpaired) electrons. The second-order valence-corrected chi connectivity index (χ2v) is 6.52. The third-order valence-electron chi connectivity index (χ3n) is 3.65. The SMILES string of the molecule is COc1ccc(CC(=O)Oc2ccc(NC(=O)c3cccs3)cc2)cc1F. The molecule has 0 bridgehead atoms. The summed E-state index contributed by atoms with van der Waals surface area (Å²) in [4.78, 5) is 24.6. The van der Waals surface area contributed by atoms with Crippen LogP contribution in [0.15, 0.2) is 60.0 Å². The molecule has 1 N–H and O–H groups in total. The fourth-order valence-electron chi connectivity index (χ4n) is 2.36. The Labute approximate surface area is 159 Å². The summed E-state index contributed by atoms with van der Waals surface area (Å²) in [7, 11) is 1.37. The number of ether oxygens (including phenoxy) is 2. The van der Waals surface area contributed by atoms with Crippen molar-refractivity contribution >= 4 is 28.9 Å². The Hall–Kier alpha value is -3.19. The van der Waals surface area contributed by atoms with Gasteiger partial charge < -0.3 is 14.8 Å². The van der Waals surface area contributed by atoms with E-state index in [9.17, 15) is 14.0 Å². The summed E-state index contributed by atoms with van der Waals surface area (Å²) in [6.07, 6.45) is -0.0716. The molecule has 0 saturated heterocycles. The van der Waals surface area contributed by atoms with E-state index in [0.29, 0.717) is 21.9 Å². The van der Waals surface area contributed by atoms with Crippen LogP contribution in [0.5, 0.6) is 11.5 Å². The predicted molar refractivity (Wildman–Crippen MR) is 101 cm³/mol. The summed E-state index contributed by atoms with van der Waals surface area (Å²) >= 11 is 1.35. The zero-order valence-corrected chi connectivity index (χ0v) is 15.2. The summed E-state index contributed by atoms with van der Waals surface area (Å²) in [5.41, 5.74) is 1.07. The highest BCUT2D eigenvalue weighted by molar-refractivity contribution is 7.12. The van der Waals surface area contributed by atoms with Crippen LogP contribution in [0.4, 0.5) is 10.1 Å². The van der Waals surface area contributed by atoms with E-state index < -0.39 is 11.8 Å². The van der Waals surface area contributed by atoms with Crippen molar-refractivity contribution < 1.29 is 23.5 Å². The van der Waals surface area contributed by atoms with Gasteiger partial charge in [0.15, 0.2) is 11.6 Å². The Morgan fingerprint density at radius 1 is 1.11 bits per heavy atom. The molecule has 7 heteroatoms. The van der Waals surface area contributed by atoms with Crippen LogP contribution in [-0.4, -0.2) is 19.0 Å². The fraction of sp³-hybridized carbons (Fsp3) is 0.100. The van der Waals surface area contributed by atoms with Gasteiger partial charge in [-0.05, 0) is 53.4 Å². The van der Waals surface area contributed by atoms with Gasteiger partial charge in [0.25, 0.3) is 5.91 Å². The van der Waals surface area contributed by atoms with Crippen molar-refractivity contribution in [2.45, 2.75) is 6.42 Å². The zero-order valence-electron chi connectivity index (χ0n) is 14.4. The molecule has 1 aromatic heterocycles. The van der Waals surface area contributed by atoms with Crippen molar-refractivity contribution in [3.63, 3.8) is 0 Å². The maximum atomic E-state index is 13.7. The minimum Gasteiger partial charge on any atom is -0.494 e. The van der Waals surface area contributed by atoms with E-state index in [1.807, 2.05) is 5.38 Å². The van der Waals surface area contributed by atoms with E-state index in [1.165, 1.54) is 30.6 Å². The van der Waals surface area contributed by atoms with Gasteiger partial charge in [-0.25, -0.2) is 4.39 Å². The molecule has 0 saturated carbocycles. The third kappa shape index (κ3) is 4.92. The molecule has 0 unspecified atom stereocenters. The maximum Gasteiger partial charge on any atom is 0.315 e. The summed E-state index contributed by atoms with van der Waals surface area (Å²) in [5.74, 6) is -0.796. The second kappa shape index (κ2) is 8.46. The van der Waals surface area contributed by atoms with Crippen LogP contribution in [0.1, 0.15) is 15.2 Å². The van der Waals surface area contributed by atoms with Crippen LogP contribution < -0.4 is 14.8 Å². The van der Waals surface area contributed by atoms with E-state index >= 15 is 0 Å². The summed E-state index contributed by atoms with van der Waals surface area (Å²) < 4.78 is 23.8. The smallest absolute Gasteiger partial charge is 0.315 e. The number of benzene rings is 2. The fourth-order valence-corrected chi connectivity index (χ4v) is 2.98. The molecule has 1 amide bonds. The number of thiophene rings is 1. The number of amides is 1. The lowest BCUT2D eigenvalue weighted by atomic mass is 10.1. The highest BCUT2D eigenvalue weighted by Crippen LogP contribution is 2.20. The molecule has 2 aromatic carbocycles. The number of anilines is 1. The first-order valence-electron chi connectivity index (χ1n) is 8.03. The van der Waals surface area contributed by atoms with Crippen molar-refractivity contribution in [2.24, 2.45) is 0 Å². The Morgan fingerprint density at radius 3 is 2.52 bits per heavy atom. The number of halogens is 1. The monoisotopic (exact) mass is 385 g/mol. The van der Waals surface area contributed by atoms with E-state index in [-0.39, 0.29) is 18.1 Å². The average molecular weight is 385 g/mol. The predicted octanol–water partition coefficient (Wildman–Crippen LogP) is 4.30. The maximum absolute atomic E-state index is 13.7. The quantitative estimate of drug-likeness (QED) is 0.508. The second-order valence-electron chi connectivity index (χ2n) is 5.58. The van der Waals surface area contributed by atoms with Gasteiger partial charge in [-0.15, -0.1) is 11.3 Å². The van der Waals surface area contributed by atoms with E-state index in [4.69, 9.17) is 9.47 Å². The van der Waals surface area contributed by atoms with Crippen molar-refractivity contribution in [1.82, 2.24) is 0 Å². The molecule has 0 atom stereocenters. The van der Waals surface area contributed by atoms with Crippen LogP contribution in [0, 0.1) is 5.82 Å². The number of carbonyl (C=O) groups excluding carboxylic acids is 2. The van der Waals surface area contributed by atoms with Gasteiger partial charge in [-0.1, -0.05) is 12.1 Å². The molecule has 0 spiro atoms. The highest BCUT2D eigenvalue weighted by Gasteiger charge is 2.11. The molecule has 0 aliphatic carbocycles. The Morgan fingerprint density at radius 2 is 1.89 bits per heavy atom. The Bertz CT molecular complexity index is 939.